The van der Waals surface area contributed by atoms with Crippen molar-refractivity contribution in [3.05, 3.63) is 60.2 Å². The van der Waals surface area contributed by atoms with Gasteiger partial charge in [-0.3, -0.25) is 0 Å². The van der Waals surface area contributed by atoms with E-state index in [1.165, 1.54) is 10.9 Å². The summed E-state index contributed by atoms with van der Waals surface area (Å²) in [5.74, 6) is 1.98. The van der Waals surface area contributed by atoms with Crippen LogP contribution in [0.15, 0.2) is 53.1 Å². The fraction of sp³-hybridized carbons (Fsp3) is 0.333. The standard InChI is InChI=1S/C18H22N2O/c1-14-8-9-18(21-14)15(2)19-11-5-12-20-13-10-16-6-3-4-7-17(16)20/h3-4,6-10,13,15,19H,5,11-12H2,1-2H3. The fourth-order valence-electron chi connectivity index (χ4n) is 2.69. The van der Waals surface area contributed by atoms with Gasteiger partial charge >= 0.3 is 0 Å². The molecule has 1 atom stereocenters. The molecule has 2 aromatic heterocycles. The first-order valence-electron chi connectivity index (χ1n) is 7.57. The normalized spacial score (nSPS) is 12.9. The molecule has 3 heteroatoms. The average molecular weight is 282 g/mol. The van der Waals surface area contributed by atoms with E-state index >= 15 is 0 Å². The summed E-state index contributed by atoms with van der Waals surface area (Å²) >= 11 is 0. The molecule has 0 aliphatic heterocycles. The van der Waals surface area contributed by atoms with Crippen molar-refractivity contribution in [1.82, 2.24) is 9.88 Å². The topological polar surface area (TPSA) is 30.1 Å². The third-order valence-electron chi connectivity index (χ3n) is 3.89. The van der Waals surface area contributed by atoms with Crippen molar-refractivity contribution < 1.29 is 4.42 Å². The van der Waals surface area contributed by atoms with E-state index in [-0.39, 0.29) is 6.04 Å². The van der Waals surface area contributed by atoms with Crippen molar-refractivity contribution >= 4 is 10.9 Å². The van der Waals surface area contributed by atoms with Gasteiger partial charge < -0.3 is 14.3 Å². The van der Waals surface area contributed by atoms with E-state index in [1.54, 1.807) is 0 Å². The molecule has 0 aliphatic carbocycles. The molecule has 1 N–H and O–H groups in total. The van der Waals surface area contributed by atoms with Crippen molar-refractivity contribution in [1.29, 1.82) is 0 Å². The Labute approximate surface area is 125 Å². The van der Waals surface area contributed by atoms with E-state index in [2.05, 4.69) is 53.3 Å². The first kappa shape index (κ1) is 14.0. The van der Waals surface area contributed by atoms with Crippen molar-refractivity contribution in [3.8, 4) is 0 Å². The zero-order chi connectivity index (χ0) is 14.7. The van der Waals surface area contributed by atoms with Crippen molar-refractivity contribution in [2.75, 3.05) is 6.54 Å². The number of fused-ring (bicyclic) bond motifs is 1. The molecule has 1 unspecified atom stereocenters. The molecule has 3 rings (SSSR count). The minimum Gasteiger partial charge on any atom is -0.465 e. The van der Waals surface area contributed by atoms with Gasteiger partial charge in [-0.05, 0) is 56.5 Å². The zero-order valence-corrected chi connectivity index (χ0v) is 12.7. The van der Waals surface area contributed by atoms with E-state index in [0.29, 0.717) is 0 Å². The molecule has 0 amide bonds. The highest BCUT2D eigenvalue weighted by molar-refractivity contribution is 5.79. The van der Waals surface area contributed by atoms with Gasteiger partial charge in [-0.2, -0.15) is 0 Å². The van der Waals surface area contributed by atoms with Gasteiger partial charge in [0.25, 0.3) is 0 Å². The zero-order valence-electron chi connectivity index (χ0n) is 12.7. The largest absolute Gasteiger partial charge is 0.465 e. The fourth-order valence-corrected chi connectivity index (χ4v) is 2.69. The predicted octanol–water partition coefficient (Wildman–Crippen LogP) is 4.28. The quantitative estimate of drug-likeness (QED) is 0.684. The summed E-state index contributed by atoms with van der Waals surface area (Å²) in [5, 5.41) is 4.83. The number of hydrogen-bond donors (Lipinski definition) is 1. The molecule has 0 saturated carbocycles. The highest BCUT2D eigenvalue weighted by atomic mass is 16.3. The molecule has 2 heterocycles. The van der Waals surface area contributed by atoms with Gasteiger partial charge in [0.1, 0.15) is 11.5 Å². The number of benzene rings is 1. The summed E-state index contributed by atoms with van der Waals surface area (Å²) in [4.78, 5) is 0. The molecule has 0 radical (unpaired) electrons. The minimum absolute atomic E-state index is 0.264. The number of furan rings is 1. The summed E-state index contributed by atoms with van der Waals surface area (Å²) in [5.41, 5.74) is 1.31. The van der Waals surface area contributed by atoms with Gasteiger partial charge in [-0.15, -0.1) is 0 Å². The van der Waals surface area contributed by atoms with E-state index < -0.39 is 0 Å². The van der Waals surface area contributed by atoms with Crippen LogP contribution in [0.3, 0.4) is 0 Å². The van der Waals surface area contributed by atoms with Crippen LogP contribution in [0, 0.1) is 6.92 Å². The molecular formula is C18H22N2O. The minimum atomic E-state index is 0.264. The lowest BCUT2D eigenvalue weighted by atomic mass is 10.2. The predicted molar refractivity (Wildman–Crippen MR) is 86.4 cm³/mol. The van der Waals surface area contributed by atoms with Crippen LogP contribution in [0.5, 0.6) is 0 Å². The van der Waals surface area contributed by atoms with Gasteiger partial charge in [-0.25, -0.2) is 0 Å². The van der Waals surface area contributed by atoms with Crippen molar-refractivity contribution in [3.63, 3.8) is 0 Å². The number of hydrogen-bond acceptors (Lipinski definition) is 2. The highest BCUT2D eigenvalue weighted by Gasteiger charge is 2.08. The highest BCUT2D eigenvalue weighted by Crippen LogP contribution is 2.17. The number of nitrogens with zero attached hydrogens (tertiary/aromatic N) is 1. The first-order chi connectivity index (χ1) is 10.2. The molecule has 0 spiro atoms. The molecule has 110 valence electrons. The summed E-state index contributed by atoms with van der Waals surface area (Å²) in [7, 11) is 0. The van der Waals surface area contributed by atoms with Crippen molar-refractivity contribution in [2.45, 2.75) is 32.9 Å². The van der Waals surface area contributed by atoms with Crippen LogP contribution in [0.1, 0.15) is 30.9 Å². The molecule has 0 aliphatic rings. The summed E-state index contributed by atoms with van der Waals surface area (Å²) in [6.07, 6.45) is 3.27. The Bertz CT molecular complexity index is 711. The monoisotopic (exact) mass is 282 g/mol. The van der Waals surface area contributed by atoms with Gasteiger partial charge in [0.05, 0.1) is 6.04 Å². The Kier molecular flexibility index (Phi) is 4.11. The second-order valence-electron chi connectivity index (χ2n) is 5.55. The summed E-state index contributed by atoms with van der Waals surface area (Å²) in [6.45, 7) is 6.13. The maximum absolute atomic E-state index is 5.64. The number of aromatic nitrogens is 1. The van der Waals surface area contributed by atoms with Gasteiger partial charge in [0.15, 0.2) is 0 Å². The maximum Gasteiger partial charge on any atom is 0.120 e. The van der Waals surface area contributed by atoms with Gasteiger partial charge in [-0.1, -0.05) is 18.2 Å². The van der Waals surface area contributed by atoms with Crippen LogP contribution in [0.2, 0.25) is 0 Å². The maximum atomic E-state index is 5.64. The SMILES string of the molecule is Cc1ccc(C(C)NCCCn2ccc3ccccc32)o1. The number of aryl methyl sites for hydroxylation is 2. The lowest BCUT2D eigenvalue weighted by Gasteiger charge is -2.12. The Morgan fingerprint density at radius 1 is 1.14 bits per heavy atom. The van der Waals surface area contributed by atoms with Gasteiger partial charge in [0.2, 0.25) is 0 Å². The molecule has 0 saturated heterocycles. The Balaban J connectivity index is 1.50. The molecule has 0 fully saturated rings. The second kappa shape index (κ2) is 6.19. The molecule has 3 aromatic rings. The first-order valence-corrected chi connectivity index (χ1v) is 7.57. The van der Waals surface area contributed by atoms with E-state index in [0.717, 1.165) is 31.0 Å². The van der Waals surface area contributed by atoms with Gasteiger partial charge in [0, 0.05) is 18.3 Å². The summed E-state index contributed by atoms with van der Waals surface area (Å²) in [6, 6.07) is 15.0. The van der Waals surface area contributed by atoms with Crippen LogP contribution in [0.25, 0.3) is 10.9 Å². The lowest BCUT2D eigenvalue weighted by molar-refractivity contribution is 0.412. The molecule has 1 aromatic carbocycles. The van der Waals surface area contributed by atoms with E-state index in [4.69, 9.17) is 4.42 Å². The Hall–Kier alpha value is -2.00. The van der Waals surface area contributed by atoms with E-state index in [9.17, 15) is 0 Å². The van der Waals surface area contributed by atoms with E-state index in [1.807, 2.05) is 19.1 Å². The molecular weight excluding hydrogens is 260 g/mol. The number of nitrogens with one attached hydrogen (secondary N) is 1. The smallest absolute Gasteiger partial charge is 0.120 e. The third kappa shape index (κ3) is 3.19. The van der Waals surface area contributed by atoms with Crippen LogP contribution in [-0.4, -0.2) is 11.1 Å². The number of rotatable bonds is 6. The third-order valence-corrected chi connectivity index (χ3v) is 3.89. The van der Waals surface area contributed by atoms with Crippen molar-refractivity contribution in [2.24, 2.45) is 0 Å². The Morgan fingerprint density at radius 3 is 2.81 bits per heavy atom. The molecule has 3 nitrogen and oxygen atoms in total. The Morgan fingerprint density at radius 2 is 2.00 bits per heavy atom. The summed E-state index contributed by atoms with van der Waals surface area (Å²) < 4.78 is 7.96. The van der Waals surface area contributed by atoms with Crippen LogP contribution < -0.4 is 5.32 Å². The van der Waals surface area contributed by atoms with Crippen LogP contribution in [-0.2, 0) is 6.54 Å². The second-order valence-corrected chi connectivity index (χ2v) is 5.55. The molecule has 0 bridgehead atoms. The number of para-hydroxylation sites is 1. The lowest BCUT2D eigenvalue weighted by Crippen LogP contribution is -2.20. The average Bonchev–Trinajstić information content (AvgIpc) is 3.10. The van der Waals surface area contributed by atoms with Crippen LogP contribution >= 0.6 is 0 Å². The van der Waals surface area contributed by atoms with Crippen LogP contribution in [0.4, 0.5) is 0 Å². The molecule has 21 heavy (non-hydrogen) atoms.